The molecule has 0 aliphatic carbocycles. The van der Waals surface area contributed by atoms with Crippen molar-refractivity contribution < 1.29 is 9.53 Å². The number of carbonyl (C=O) groups excluding carboxylic acids is 1. The lowest BCUT2D eigenvalue weighted by Crippen LogP contribution is -2.42. The van der Waals surface area contributed by atoms with Crippen molar-refractivity contribution in [3.8, 4) is 5.75 Å². The van der Waals surface area contributed by atoms with Gasteiger partial charge in [-0.25, -0.2) is 0 Å². The van der Waals surface area contributed by atoms with Crippen LogP contribution in [0.4, 0.5) is 5.69 Å². The third kappa shape index (κ3) is 2.51. The quantitative estimate of drug-likeness (QED) is 0.856. The number of amides is 1. The van der Waals surface area contributed by atoms with E-state index >= 15 is 0 Å². The maximum Gasteiger partial charge on any atom is 0.272 e. The molecule has 0 spiro atoms. The van der Waals surface area contributed by atoms with Crippen LogP contribution in [0.15, 0.2) is 18.2 Å². The van der Waals surface area contributed by atoms with E-state index in [0.29, 0.717) is 17.8 Å². The lowest BCUT2D eigenvalue weighted by Gasteiger charge is -2.33. The van der Waals surface area contributed by atoms with E-state index < -0.39 is 0 Å². The number of fused-ring (bicyclic) bond motifs is 1. The molecule has 5 nitrogen and oxygen atoms in total. The van der Waals surface area contributed by atoms with Crippen molar-refractivity contribution in [2.45, 2.75) is 33.3 Å². The molecule has 1 amide bonds. The molecule has 1 aliphatic rings. The number of aryl methyl sites for hydroxylation is 2. The Morgan fingerprint density at radius 1 is 1.52 bits per heavy atom. The highest BCUT2D eigenvalue weighted by Crippen LogP contribution is 2.35. The van der Waals surface area contributed by atoms with E-state index in [0.717, 1.165) is 34.2 Å². The van der Waals surface area contributed by atoms with Crippen molar-refractivity contribution in [2.24, 2.45) is 0 Å². The average Bonchev–Trinajstić information content (AvgIpc) is 2.93. The first-order valence-corrected chi connectivity index (χ1v) is 7.78. The van der Waals surface area contributed by atoms with E-state index in [-0.39, 0.29) is 12.0 Å². The first-order chi connectivity index (χ1) is 10.1. The summed E-state index contributed by atoms with van der Waals surface area (Å²) in [6.07, 6.45) is 0.673. The van der Waals surface area contributed by atoms with Crippen LogP contribution in [0.3, 0.4) is 0 Å². The van der Waals surface area contributed by atoms with Gasteiger partial charge < -0.3 is 9.64 Å². The third-order valence-corrected chi connectivity index (χ3v) is 4.26. The zero-order chi connectivity index (χ0) is 15.0. The van der Waals surface area contributed by atoms with E-state index in [1.807, 2.05) is 39.0 Å². The summed E-state index contributed by atoms with van der Waals surface area (Å²) in [7, 11) is 0. The molecule has 1 aliphatic heterocycles. The van der Waals surface area contributed by atoms with Gasteiger partial charge in [0.2, 0.25) is 0 Å². The predicted molar refractivity (Wildman–Crippen MR) is 82.2 cm³/mol. The van der Waals surface area contributed by atoms with Crippen molar-refractivity contribution in [3.05, 3.63) is 34.3 Å². The summed E-state index contributed by atoms with van der Waals surface area (Å²) in [5, 5.41) is 4.03. The van der Waals surface area contributed by atoms with Crippen LogP contribution in [-0.2, 0) is 6.42 Å². The Balaban J connectivity index is 2.01. The second-order valence-corrected chi connectivity index (χ2v) is 5.97. The first kappa shape index (κ1) is 14.0. The normalized spacial score (nSPS) is 17.3. The Morgan fingerprint density at radius 3 is 3.10 bits per heavy atom. The van der Waals surface area contributed by atoms with Gasteiger partial charge in [-0.2, -0.15) is 0 Å². The summed E-state index contributed by atoms with van der Waals surface area (Å²) < 4.78 is 9.76. The van der Waals surface area contributed by atoms with E-state index in [1.165, 1.54) is 0 Å². The van der Waals surface area contributed by atoms with E-state index in [1.54, 1.807) is 4.90 Å². The van der Waals surface area contributed by atoms with Crippen LogP contribution in [0, 0.1) is 6.92 Å². The molecular formula is C15H17N3O2S. The summed E-state index contributed by atoms with van der Waals surface area (Å²) >= 11 is 1.16. The molecule has 110 valence electrons. The molecule has 1 atom stereocenters. The lowest BCUT2D eigenvalue weighted by molar-refractivity contribution is 0.0964. The highest BCUT2D eigenvalue weighted by atomic mass is 32.1. The summed E-state index contributed by atoms with van der Waals surface area (Å²) in [6, 6.07) is 5.90. The molecule has 0 fully saturated rings. The van der Waals surface area contributed by atoms with Crippen molar-refractivity contribution in [2.75, 3.05) is 11.4 Å². The maximum atomic E-state index is 12.8. The number of hydrogen-bond donors (Lipinski definition) is 0. The van der Waals surface area contributed by atoms with Crippen LogP contribution >= 0.6 is 11.5 Å². The molecule has 6 heteroatoms. The average molecular weight is 303 g/mol. The molecule has 0 unspecified atom stereocenters. The Hall–Kier alpha value is -1.95. The SMILES string of the molecule is CCc1nnsc1C(=O)N1C[C@H](C)Oc2cc(C)ccc21. The molecule has 0 saturated heterocycles. The summed E-state index contributed by atoms with van der Waals surface area (Å²) in [6.45, 7) is 6.50. The lowest BCUT2D eigenvalue weighted by atomic mass is 10.1. The largest absolute Gasteiger partial charge is 0.487 e. The molecule has 1 aromatic heterocycles. The van der Waals surface area contributed by atoms with Gasteiger partial charge in [-0.3, -0.25) is 4.79 Å². The number of anilines is 1. The number of benzene rings is 1. The van der Waals surface area contributed by atoms with Gasteiger partial charge in [0.25, 0.3) is 5.91 Å². The molecular weight excluding hydrogens is 286 g/mol. The molecule has 0 bridgehead atoms. The monoisotopic (exact) mass is 303 g/mol. The maximum absolute atomic E-state index is 12.8. The van der Waals surface area contributed by atoms with Crippen molar-refractivity contribution in [3.63, 3.8) is 0 Å². The van der Waals surface area contributed by atoms with Crippen molar-refractivity contribution in [1.29, 1.82) is 0 Å². The molecule has 2 aromatic rings. The van der Waals surface area contributed by atoms with Crippen molar-refractivity contribution >= 4 is 23.1 Å². The fourth-order valence-electron chi connectivity index (χ4n) is 2.47. The van der Waals surface area contributed by atoms with Gasteiger partial charge in [-0.15, -0.1) is 5.10 Å². The van der Waals surface area contributed by atoms with E-state index in [4.69, 9.17) is 4.74 Å². The topological polar surface area (TPSA) is 55.3 Å². The van der Waals surface area contributed by atoms with Gasteiger partial charge in [0.15, 0.2) is 0 Å². The van der Waals surface area contributed by atoms with Gasteiger partial charge in [0.05, 0.1) is 17.9 Å². The van der Waals surface area contributed by atoms with Gasteiger partial charge in [0, 0.05) is 0 Å². The van der Waals surface area contributed by atoms with E-state index in [9.17, 15) is 4.79 Å². The smallest absolute Gasteiger partial charge is 0.272 e. The Bertz CT molecular complexity index is 683. The van der Waals surface area contributed by atoms with Crippen LogP contribution in [0.1, 0.15) is 34.8 Å². The summed E-state index contributed by atoms with van der Waals surface area (Å²) in [4.78, 5) is 15.2. The number of hydrogen-bond acceptors (Lipinski definition) is 5. The van der Waals surface area contributed by atoms with E-state index in [2.05, 4.69) is 9.59 Å². The molecule has 21 heavy (non-hydrogen) atoms. The summed E-state index contributed by atoms with van der Waals surface area (Å²) in [5.74, 6) is 0.722. The Morgan fingerprint density at radius 2 is 2.33 bits per heavy atom. The second-order valence-electron chi connectivity index (χ2n) is 5.22. The second kappa shape index (κ2) is 5.44. The molecule has 3 rings (SSSR count). The third-order valence-electron chi connectivity index (χ3n) is 3.50. The summed E-state index contributed by atoms with van der Waals surface area (Å²) in [5.41, 5.74) is 2.70. The number of rotatable bonds is 2. The minimum absolute atomic E-state index is 0.0331. The zero-order valence-electron chi connectivity index (χ0n) is 12.3. The van der Waals surface area contributed by atoms with Crippen LogP contribution in [0.25, 0.3) is 0 Å². The van der Waals surface area contributed by atoms with Gasteiger partial charge >= 0.3 is 0 Å². The number of ether oxygens (including phenoxy) is 1. The number of aromatic nitrogens is 2. The van der Waals surface area contributed by atoms with Gasteiger partial charge in [-0.1, -0.05) is 17.5 Å². The Kier molecular flexibility index (Phi) is 3.63. The standard InChI is InChI=1S/C15H17N3O2S/c1-4-11-14(21-17-16-11)15(19)18-8-10(3)20-13-7-9(2)5-6-12(13)18/h5-7,10H,4,8H2,1-3H3/t10-/m0/s1. The van der Waals surface area contributed by atoms with Crippen LogP contribution in [-0.4, -0.2) is 28.1 Å². The number of nitrogens with zero attached hydrogens (tertiary/aromatic N) is 3. The van der Waals surface area contributed by atoms with Gasteiger partial charge in [-0.05, 0) is 49.5 Å². The highest BCUT2D eigenvalue weighted by molar-refractivity contribution is 7.08. The molecule has 0 N–H and O–H groups in total. The van der Waals surface area contributed by atoms with Gasteiger partial charge in [0.1, 0.15) is 16.7 Å². The van der Waals surface area contributed by atoms with Crippen LogP contribution in [0.5, 0.6) is 5.75 Å². The minimum Gasteiger partial charge on any atom is -0.487 e. The van der Waals surface area contributed by atoms with Crippen LogP contribution in [0.2, 0.25) is 0 Å². The predicted octanol–water partition coefficient (Wildman–Crippen LogP) is 2.84. The molecule has 0 saturated carbocycles. The van der Waals surface area contributed by atoms with Crippen molar-refractivity contribution in [1.82, 2.24) is 9.59 Å². The zero-order valence-corrected chi connectivity index (χ0v) is 13.1. The fourth-order valence-corrected chi connectivity index (χ4v) is 3.17. The highest BCUT2D eigenvalue weighted by Gasteiger charge is 2.30. The molecule has 0 radical (unpaired) electrons. The van der Waals surface area contributed by atoms with Crippen LogP contribution < -0.4 is 9.64 Å². The Labute approximate surface area is 127 Å². The molecule has 2 heterocycles. The number of carbonyl (C=O) groups is 1. The minimum atomic E-state index is -0.0397. The fraction of sp³-hybridized carbons (Fsp3) is 0.400. The first-order valence-electron chi connectivity index (χ1n) is 7.00. The molecule has 1 aromatic carbocycles.